The maximum absolute atomic E-state index is 12.1. The van der Waals surface area contributed by atoms with Gasteiger partial charge in [0.2, 0.25) is 0 Å². The predicted octanol–water partition coefficient (Wildman–Crippen LogP) is 2.25. The van der Waals surface area contributed by atoms with Crippen molar-refractivity contribution in [2.45, 2.75) is 33.1 Å². The maximum atomic E-state index is 12.1. The van der Waals surface area contributed by atoms with E-state index in [1.165, 1.54) is 6.07 Å². The van der Waals surface area contributed by atoms with Gasteiger partial charge in [-0.15, -0.1) is 0 Å². The summed E-state index contributed by atoms with van der Waals surface area (Å²) in [5.74, 6) is -1.21. The Hall–Kier alpha value is -2.81. The summed E-state index contributed by atoms with van der Waals surface area (Å²) in [6, 6.07) is 8.76. The molecule has 9 heteroatoms. The fraction of sp³-hybridized carbons (Fsp3) is 0.400. The van der Waals surface area contributed by atoms with E-state index in [2.05, 4.69) is 0 Å². The van der Waals surface area contributed by atoms with Gasteiger partial charge in [-0.25, -0.2) is 9.03 Å². The minimum absolute atomic E-state index is 0.0592. The molecule has 0 spiro atoms. The van der Waals surface area contributed by atoms with Crippen molar-refractivity contribution >= 4 is 38.5 Å². The molecule has 1 aliphatic rings. The number of nitrogens with zero attached hydrogens (tertiary/aromatic N) is 1. The SMILES string of the molecule is CCOC(=O)C(C)CCCc1ccc2cc(O)c(N3CC(=O)NS3(=O)=O)cc2c1. The second kappa shape index (κ2) is 8.28. The van der Waals surface area contributed by atoms with Gasteiger partial charge in [-0.2, -0.15) is 8.42 Å². The number of carbonyl (C=O) groups is 2. The predicted molar refractivity (Wildman–Crippen MR) is 109 cm³/mol. The Kier molecular flexibility index (Phi) is 5.97. The molecule has 0 radical (unpaired) electrons. The molecule has 0 saturated carbocycles. The first-order valence-corrected chi connectivity index (χ1v) is 10.9. The Labute approximate surface area is 169 Å². The summed E-state index contributed by atoms with van der Waals surface area (Å²) in [5.41, 5.74) is 1.09. The van der Waals surface area contributed by atoms with Gasteiger partial charge >= 0.3 is 16.2 Å². The molecule has 1 atom stereocenters. The van der Waals surface area contributed by atoms with Crippen molar-refractivity contribution in [2.24, 2.45) is 5.92 Å². The molecular weight excluding hydrogens is 396 g/mol. The largest absolute Gasteiger partial charge is 0.506 e. The summed E-state index contributed by atoms with van der Waals surface area (Å²) in [4.78, 5) is 23.2. The minimum Gasteiger partial charge on any atom is -0.506 e. The number of nitrogens with one attached hydrogen (secondary N) is 1. The Bertz CT molecular complexity index is 1050. The summed E-state index contributed by atoms with van der Waals surface area (Å²) in [6.45, 7) is 3.63. The van der Waals surface area contributed by atoms with Gasteiger partial charge in [0.1, 0.15) is 12.3 Å². The lowest BCUT2D eigenvalue weighted by Crippen LogP contribution is -2.29. The van der Waals surface area contributed by atoms with E-state index >= 15 is 0 Å². The van der Waals surface area contributed by atoms with Crippen LogP contribution in [0.1, 0.15) is 32.3 Å². The maximum Gasteiger partial charge on any atom is 0.326 e. The number of aryl methyl sites for hydroxylation is 1. The van der Waals surface area contributed by atoms with E-state index in [-0.39, 0.29) is 29.9 Å². The highest BCUT2D eigenvalue weighted by Crippen LogP contribution is 2.35. The number of benzene rings is 2. The van der Waals surface area contributed by atoms with E-state index in [1.807, 2.05) is 29.8 Å². The minimum atomic E-state index is -4.00. The number of ether oxygens (including phenoxy) is 1. The molecule has 1 unspecified atom stereocenters. The van der Waals surface area contributed by atoms with E-state index in [4.69, 9.17) is 4.74 Å². The van der Waals surface area contributed by atoms with Crippen molar-refractivity contribution in [3.63, 3.8) is 0 Å². The first-order valence-electron chi connectivity index (χ1n) is 9.47. The number of phenols is 1. The lowest BCUT2D eigenvalue weighted by atomic mass is 9.99. The van der Waals surface area contributed by atoms with Crippen molar-refractivity contribution in [3.05, 3.63) is 35.9 Å². The number of hydrogen-bond donors (Lipinski definition) is 2. The number of phenolic OH excluding ortho intramolecular Hbond substituents is 1. The summed E-state index contributed by atoms with van der Waals surface area (Å²) < 4.78 is 31.9. The number of amides is 1. The van der Waals surface area contributed by atoms with Crippen LogP contribution in [0.4, 0.5) is 5.69 Å². The van der Waals surface area contributed by atoms with Gasteiger partial charge in [0.15, 0.2) is 0 Å². The molecule has 1 fully saturated rings. The van der Waals surface area contributed by atoms with Crippen LogP contribution in [-0.2, 0) is 31.0 Å². The lowest BCUT2D eigenvalue weighted by molar-refractivity contribution is -0.147. The highest BCUT2D eigenvalue weighted by molar-refractivity contribution is 7.92. The first kappa shape index (κ1) is 20.9. The quantitative estimate of drug-likeness (QED) is 0.664. The van der Waals surface area contributed by atoms with Crippen molar-refractivity contribution in [1.82, 2.24) is 4.72 Å². The molecular formula is C20H24N2O6S. The van der Waals surface area contributed by atoms with E-state index in [1.54, 1.807) is 13.0 Å². The van der Waals surface area contributed by atoms with E-state index in [0.717, 1.165) is 33.5 Å². The Morgan fingerprint density at radius 2 is 2.03 bits per heavy atom. The van der Waals surface area contributed by atoms with Crippen molar-refractivity contribution in [2.75, 3.05) is 17.5 Å². The van der Waals surface area contributed by atoms with Crippen molar-refractivity contribution in [1.29, 1.82) is 0 Å². The van der Waals surface area contributed by atoms with Gasteiger partial charge in [-0.05, 0) is 54.7 Å². The van der Waals surface area contributed by atoms with Gasteiger partial charge in [-0.3, -0.25) is 9.59 Å². The van der Waals surface area contributed by atoms with Crippen molar-refractivity contribution < 1.29 is 27.9 Å². The van der Waals surface area contributed by atoms with Crippen LogP contribution in [0.25, 0.3) is 10.8 Å². The molecule has 3 rings (SSSR count). The average Bonchev–Trinajstić information content (AvgIpc) is 2.93. The zero-order valence-corrected chi connectivity index (χ0v) is 17.2. The monoisotopic (exact) mass is 420 g/mol. The number of aromatic hydroxyl groups is 1. The normalized spacial score (nSPS) is 16.6. The Balaban J connectivity index is 1.78. The molecule has 0 aliphatic carbocycles. The third kappa shape index (κ3) is 4.61. The van der Waals surface area contributed by atoms with Gasteiger partial charge in [0, 0.05) is 0 Å². The van der Waals surface area contributed by atoms with E-state index in [9.17, 15) is 23.1 Å². The third-order valence-corrected chi connectivity index (χ3v) is 6.27. The molecule has 29 heavy (non-hydrogen) atoms. The van der Waals surface area contributed by atoms with Gasteiger partial charge < -0.3 is 9.84 Å². The van der Waals surface area contributed by atoms with E-state index < -0.39 is 16.1 Å². The fourth-order valence-corrected chi connectivity index (χ4v) is 4.51. The molecule has 1 heterocycles. The van der Waals surface area contributed by atoms with E-state index in [0.29, 0.717) is 13.0 Å². The highest BCUT2D eigenvalue weighted by Gasteiger charge is 2.35. The summed E-state index contributed by atoms with van der Waals surface area (Å²) >= 11 is 0. The van der Waals surface area contributed by atoms with Crippen LogP contribution >= 0.6 is 0 Å². The first-order chi connectivity index (χ1) is 13.7. The van der Waals surface area contributed by atoms with Crippen LogP contribution in [-0.4, -0.2) is 38.6 Å². The zero-order valence-electron chi connectivity index (χ0n) is 16.3. The van der Waals surface area contributed by atoms with Crippen LogP contribution in [0.15, 0.2) is 30.3 Å². The molecule has 1 saturated heterocycles. The topological polar surface area (TPSA) is 113 Å². The van der Waals surface area contributed by atoms with Gasteiger partial charge in [-0.1, -0.05) is 25.1 Å². The number of rotatable bonds is 7. The van der Waals surface area contributed by atoms with Crippen molar-refractivity contribution in [3.8, 4) is 5.75 Å². The zero-order chi connectivity index (χ0) is 21.2. The smallest absolute Gasteiger partial charge is 0.326 e. The van der Waals surface area contributed by atoms with Gasteiger partial charge in [0.25, 0.3) is 5.91 Å². The van der Waals surface area contributed by atoms with Crippen LogP contribution in [0, 0.1) is 5.92 Å². The number of fused-ring (bicyclic) bond motifs is 1. The summed E-state index contributed by atoms with van der Waals surface area (Å²) in [7, 11) is -4.00. The van der Waals surface area contributed by atoms with Crippen LogP contribution < -0.4 is 9.03 Å². The highest BCUT2D eigenvalue weighted by atomic mass is 32.2. The number of hydrogen-bond acceptors (Lipinski definition) is 6. The fourth-order valence-electron chi connectivity index (χ4n) is 3.35. The number of esters is 1. The molecule has 1 aliphatic heterocycles. The Morgan fingerprint density at radius 3 is 2.69 bits per heavy atom. The molecule has 156 valence electrons. The van der Waals surface area contributed by atoms with Gasteiger partial charge in [0.05, 0.1) is 18.2 Å². The lowest BCUT2D eigenvalue weighted by Gasteiger charge is -2.17. The molecule has 1 amide bonds. The molecule has 2 aromatic rings. The average molecular weight is 420 g/mol. The second-order valence-corrected chi connectivity index (χ2v) is 8.70. The second-order valence-electron chi connectivity index (χ2n) is 7.10. The standard InChI is InChI=1S/C20H24N2O6S/c1-3-28-20(25)13(2)5-4-6-14-7-8-15-11-18(23)17(10-16(15)9-14)22-12-19(24)21-29(22,26)27/h7-11,13,23H,3-6,12H2,1-2H3,(H,21,24). The Morgan fingerprint density at radius 1 is 1.28 bits per heavy atom. The van der Waals surface area contributed by atoms with Crippen LogP contribution in [0.2, 0.25) is 0 Å². The molecule has 0 bridgehead atoms. The molecule has 0 aromatic heterocycles. The number of anilines is 1. The van der Waals surface area contributed by atoms with Crippen LogP contribution in [0.3, 0.4) is 0 Å². The van der Waals surface area contributed by atoms with Crippen LogP contribution in [0.5, 0.6) is 5.75 Å². The molecule has 2 aromatic carbocycles. The third-order valence-electron chi connectivity index (χ3n) is 4.88. The summed E-state index contributed by atoms with van der Waals surface area (Å²) in [5, 5.41) is 11.8. The summed E-state index contributed by atoms with van der Waals surface area (Å²) in [6.07, 6.45) is 2.25. The molecule has 2 N–H and O–H groups in total. The molecule has 8 nitrogen and oxygen atoms in total. The number of carbonyl (C=O) groups excluding carboxylic acids is 2.